The van der Waals surface area contributed by atoms with Crippen LogP contribution < -0.4 is 0 Å². The third kappa shape index (κ3) is 8.18. The lowest BCUT2D eigenvalue weighted by molar-refractivity contribution is -0.344. The molecule has 2 aliphatic rings. The molecule has 39 heavy (non-hydrogen) atoms. The van der Waals surface area contributed by atoms with E-state index in [-0.39, 0.29) is 48.0 Å². The van der Waals surface area contributed by atoms with Crippen molar-refractivity contribution in [3.63, 3.8) is 0 Å². The molecule has 4 unspecified atom stereocenters. The van der Waals surface area contributed by atoms with E-state index in [0.29, 0.717) is 18.7 Å². The number of carbonyl (C=O) groups is 1. The lowest BCUT2D eigenvalue weighted by atomic mass is 9.81. The van der Waals surface area contributed by atoms with E-state index in [1.54, 1.807) is 12.1 Å². The second kappa shape index (κ2) is 15.6. The zero-order chi connectivity index (χ0) is 28.4. The fourth-order valence-corrected chi connectivity index (χ4v) is 5.68. The first-order valence-electron chi connectivity index (χ1n) is 14.7. The quantitative estimate of drug-likeness (QED) is 0.0875. The number of unbranched alkanes of at least 4 members (excludes halogenated alkanes) is 2. The van der Waals surface area contributed by atoms with Gasteiger partial charge in [0.25, 0.3) is 0 Å². The van der Waals surface area contributed by atoms with Crippen molar-refractivity contribution in [1.29, 1.82) is 0 Å². The van der Waals surface area contributed by atoms with E-state index in [0.717, 1.165) is 32.1 Å². The molecule has 1 aromatic rings. The van der Waals surface area contributed by atoms with Crippen LogP contribution in [0.1, 0.15) is 84.0 Å². The van der Waals surface area contributed by atoms with E-state index in [1.807, 2.05) is 18.2 Å². The van der Waals surface area contributed by atoms with Crippen LogP contribution in [0.3, 0.4) is 0 Å². The molecule has 2 fully saturated rings. The van der Waals surface area contributed by atoms with E-state index in [4.69, 9.17) is 29.2 Å². The first-order valence-corrected chi connectivity index (χ1v) is 14.7. The number of rotatable bonds is 13. The van der Waals surface area contributed by atoms with Crippen LogP contribution in [0, 0.1) is 23.7 Å². The third-order valence-electron chi connectivity index (χ3n) is 8.62. The molecule has 9 nitrogen and oxygen atoms in total. The van der Waals surface area contributed by atoms with Gasteiger partial charge in [0.1, 0.15) is 6.10 Å². The smallest absolute Gasteiger partial charge is 0.338 e. The summed E-state index contributed by atoms with van der Waals surface area (Å²) in [5.41, 5.74) is 8.95. The number of hydrogen-bond acceptors (Lipinski definition) is 7. The fourth-order valence-electron chi connectivity index (χ4n) is 5.68. The molecule has 10 atom stereocenters. The first-order chi connectivity index (χ1) is 18.8. The van der Waals surface area contributed by atoms with Gasteiger partial charge in [-0.05, 0) is 61.1 Å². The molecule has 0 radical (unpaired) electrons. The van der Waals surface area contributed by atoms with Crippen LogP contribution in [0.25, 0.3) is 10.4 Å². The second-order valence-corrected chi connectivity index (χ2v) is 11.1. The molecule has 1 aromatic carbocycles. The number of carbonyl (C=O) groups excluding carboxylic acids is 1. The van der Waals surface area contributed by atoms with Crippen molar-refractivity contribution in [1.82, 2.24) is 0 Å². The van der Waals surface area contributed by atoms with Gasteiger partial charge in [0.05, 0.1) is 17.8 Å². The minimum Gasteiger partial charge on any atom is -0.453 e. The zero-order valence-corrected chi connectivity index (χ0v) is 24.4. The minimum absolute atomic E-state index is 0.00672. The van der Waals surface area contributed by atoms with Crippen molar-refractivity contribution in [3.8, 4) is 0 Å². The summed E-state index contributed by atoms with van der Waals surface area (Å²) in [5, 5.41) is 3.59. The predicted octanol–water partition coefficient (Wildman–Crippen LogP) is 6.91. The van der Waals surface area contributed by atoms with Crippen molar-refractivity contribution < 1.29 is 28.5 Å². The Balaban J connectivity index is 1.76. The highest BCUT2D eigenvalue weighted by molar-refractivity contribution is 5.89. The third-order valence-corrected chi connectivity index (χ3v) is 8.62. The molecule has 0 bridgehead atoms. The van der Waals surface area contributed by atoms with Gasteiger partial charge in [-0.3, -0.25) is 0 Å². The Hall–Kier alpha value is -2.16. The highest BCUT2D eigenvalue weighted by atomic mass is 16.7. The van der Waals surface area contributed by atoms with Crippen LogP contribution in [0.15, 0.2) is 35.4 Å². The molecular formula is C30H47N3O6. The van der Waals surface area contributed by atoms with Crippen molar-refractivity contribution in [3.05, 3.63) is 46.3 Å². The normalized spacial score (nSPS) is 34.7. The van der Waals surface area contributed by atoms with Crippen LogP contribution in [-0.4, -0.2) is 56.1 Å². The lowest BCUT2D eigenvalue weighted by Gasteiger charge is -2.49. The molecule has 2 saturated heterocycles. The molecule has 9 heteroatoms. The summed E-state index contributed by atoms with van der Waals surface area (Å²) in [6.07, 6.45) is 2.10. The van der Waals surface area contributed by atoms with E-state index in [9.17, 15) is 4.79 Å². The summed E-state index contributed by atoms with van der Waals surface area (Å²) in [4.78, 5) is 15.9. The molecule has 3 rings (SSSR count). The van der Waals surface area contributed by atoms with Gasteiger partial charge >= 0.3 is 5.97 Å². The van der Waals surface area contributed by atoms with Gasteiger partial charge in [0, 0.05) is 24.0 Å². The van der Waals surface area contributed by atoms with Crippen molar-refractivity contribution in [2.75, 3.05) is 13.2 Å². The number of nitrogens with zero attached hydrogens (tertiary/aromatic N) is 3. The molecule has 0 N–H and O–H groups in total. The Morgan fingerprint density at radius 3 is 2.10 bits per heavy atom. The van der Waals surface area contributed by atoms with Crippen LogP contribution in [0.5, 0.6) is 0 Å². The van der Waals surface area contributed by atoms with E-state index >= 15 is 0 Å². The Morgan fingerprint density at radius 1 is 0.872 bits per heavy atom. The maximum atomic E-state index is 13.1. The second-order valence-electron chi connectivity index (χ2n) is 11.1. The van der Waals surface area contributed by atoms with Gasteiger partial charge in [-0.1, -0.05) is 71.3 Å². The van der Waals surface area contributed by atoms with E-state index in [2.05, 4.69) is 51.6 Å². The highest BCUT2D eigenvalue weighted by Crippen LogP contribution is 2.40. The number of esters is 1. The Morgan fingerprint density at radius 2 is 1.49 bits per heavy atom. The first kappa shape index (κ1) is 31.4. The average molecular weight is 546 g/mol. The number of hydrogen-bond donors (Lipinski definition) is 0. The number of azide groups is 1. The maximum Gasteiger partial charge on any atom is 0.338 e. The Bertz CT molecular complexity index is 927. The average Bonchev–Trinajstić information content (AvgIpc) is 2.95. The predicted molar refractivity (Wildman–Crippen MR) is 149 cm³/mol. The van der Waals surface area contributed by atoms with Crippen LogP contribution >= 0.6 is 0 Å². The number of benzene rings is 1. The molecule has 0 saturated carbocycles. The van der Waals surface area contributed by atoms with Crippen molar-refractivity contribution in [2.45, 2.75) is 111 Å². The fraction of sp³-hybridized carbons (Fsp3) is 0.767. The molecule has 0 aliphatic carbocycles. The number of ether oxygens (including phenoxy) is 5. The highest BCUT2D eigenvalue weighted by Gasteiger charge is 2.49. The molecule has 0 amide bonds. The lowest BCUT2D eigenvalue weighted by Crippen LogP contribution is -2.57. The summed E-state index contributed by atoms with van der Waals surface area (Å²) in [6.45, 7) is 13.9. The zero-order valence-electron chi connectivity index (χ0n) is 24.4. The van der Waals surface area contributed by atoms with E-state index in [1.165, 1.54) is 0 Å². The topological polar surface area (TPSA) is 112 Å². The monoisotopic (exact) mass is 545 g/mol. The summed E-state index contributed by atoms with van der Waals surface area (Å²) in [5.74, 6) is 0.257. The summed E-state index contributed by atoms with van der Waals surface area (Å²) < 4.78 is 32.0. The molecule has 218 valence electrons. The van der Waals surface area contributed by atoms with Gasteiger partial charge in [-0.15, -0.1) is 0 Å². The summed E-state index contributed by atoms with van der Waals surface area (Å²) in [7, 11) is 0. The molecule has 2 aliphatic heterocycles. The van der Waals surface area contributed by atoms with Crippen LogP contribution in [-0.2, 0) is 23.7 Å². The summed E-state index contributed by atoms with van der Waals surface area (Å²) in [6, 6.07) is 9.04. The van der Waals surface area contributed by atoms with Gasteiger partial charge in [-0.2, -0.15) is 0 Å². The van der Waals surface area contributed by atoms with Gasteiger partial charge < -0.3 is 23.7 Å². The van der Waals surface area contributed by atoms with Gasteiger partial charge in [0.2, 0.25) is 0 Å². The summed E-state index contributed by atoms with van der Waals surface area (Å²) >= 11 is 0. The SMILES string of the molecule is CCC1O[C@H](OC2[C@@H](OCCCCCN=[N+]=[N-])OC(CC)[C@@H](C)[C@@H]2C)C(OC(=O)c2ccccc2)[C@@H](C)[C@@H]1C. The standard InChI is InChI=1S/C30H47N3O6/c1-7-24-19(3)21(5)26(29(36-24)35-18-14-10-13-17-32-33-31)39-30-27(22(6)20(4)25(8-2)37-30)38-28(34)23-15-11-9-12-16-23/h9,11-12,15-16,19-22,24-27,29-30H,7-8,10,13-14,17-18H2,1-6H3/t19-,20-,21-,22-,24?,25?,26?,27?,29-,30+/m0/s1. The van der Waals surface area contributed by atoms with Gasteiger partial charge in [0.15, 0.2) is 18.7 Å². The van der Waals surface area contributed by atoms with Crippen molar-refractivity contribution >= 4 is 5.97 Å². The Kier molecular flexibility index (Phi) is 12.5. The van der Waals surface area contributed by atoms with Crippen LogP contribution in [0.2, 0.25) is 0 Å². The maximum absolute atomic E-state index is 13.1. The minimum atomic E-state index is -0.731. The Labute approximate surface area is 233 Å². The van der Waals surface area contributed by atoms with E-state index < -0.39 is 18.7 Å². The molecular weight excluding hydrogens is 498 g/mol. The largest absolute Gasteiger partial charge is 0.453 e. The van der Waals surface area contributed by atoms with Crippen LogP contribution in [0.4, 0.5) is 0 Å². The molecule has 0 spiro atoms. The van der Waals surface area contributed by atoms with Gasteiger partial charge in [-0.25, -0.2) is 4.79 Å². The van der Waals surface area contributed by atoms with Crippen molar-refractivity contribution in [2.24, 2.45) is 28.8 Å². The molecule has 2 heterocycles. The molecule has 0 aromatic heterocycles.